The summed E-state index contributed by atoms with van der Waals surface area (Å²) in [5, 5.41) is 3.40. The van der Waals surface area contributed by atoms with E-state index in [9.17, 15) is 0 Å². The average molecular weight is 156 g/mol. The highest BCUT2D eigenvalue weighted by molar-refractivity contribution is 4.72. The molecule has 1 unspecified atom stereocenters. The molecule has 11 heavy (non-hydrogen) atoms. The molecule has 1 heterocycles. The number of nitrogens with one attached hydrogen (secondary N) is 1. The molecule has 0 aliphatic carbocycles. The molecular formula is C9H20N2. The Labute approximate surface area is 70.0 Å². The van der Waals surface area contributed by atoms with E-state index in [1.165, 1.54) is 19.5 Å². The lowest BCUT2D eigenvalue weighted by Crippen LogP contribution is -2.47. The number of hydrogen-bond acceptors (Lipinski definition) is 2. The lowest BCUT2D eigenvalue weighted by molar-refractivity contribution is 0.131. The summed E-state index contributed by atoms with van der Waals surface area (Å²) in [6.07, 6.45) is 1.30. The van der Waals surface area contributed by atoms with Crippen LogP contribution in [0.1, 0.15) is 27.2 Å². The predicted octanol–water partition coefficient (Wildman–Crippen LogP) is 1.28. The van der Waals surface area contributed by atoms with Gasteiger partial charge in [0.1, 0.15) is 0 Å². The van der Waals surface area contributed by atoms with E-state index in [1.54, 1.807) is 0 Å². The Morgan fingerprint density at radius 2 is 2.00 bits per heavy atom. The molecule has 0 aromatic rings. The van der Waals surface area contributed by atoms with E-state index in [4.69, 9.17) is 0 Å². The molecule has 1 aliphatic rings. The summed E-state index contributed by atoms with van der Waals surface area (Å²) in [6.45, 7) is 10.4. The molecule has 2 nitrogen and oxygen atoms in total. The minimum absolute atomic E-state index is 0.725. The standard InChI is InChI=1S/C9H20N2/c1-8(2)9(3)11-6-4-5-10-7-11/h8-10H,4-7H2,1-3H3. The van der Waals surface area contributed by atoms with Crippen molar-refractivity contribution in [3.05, 3.63) is 0 Å². The first kappa shape index (κ1) is 9.01. The molecule has 1 N–H and O–H groups in total. The summed E-state index contributed by atoms with van der Waals surface area (Å²) in [7, 11) is 0. The van der Waals surface area contributed by atoms with Crippen LogP contribution in [0.2, 0.25) is 0 Å². The highest BCUT2D eigenvalue weighted by Crippen LogP contribution is 2.10. The average Bonchev–Trinajstić information content (AvgIpc) is 2.05. The van der Waals surface area contributed by atoms with Gasteiger partial charge in [-0.1, -0.05) is 13.8 Å². The van der Waals surface area contributed by atoms with Gasteiger partial charge in [0.15, 0.2) is 0 Å². The molecule has 1 rings (SSSR count). The van der Waals surface area contributed by atoms with Crippen molar-refractivity contribution in [3.8, 4) is 0 Å². The summed E-state index contributed by atoms with van der Waals surface area (Å²) in [6, 6.07) is 0.725. The van der Waals surface area contributed by atoms with E-state index in [0.29, 0.717) is 0 Å². The van der Waals surface area contributed by atoms with Crippen LogP contribution in [0.15, 0.2) is 0 Å². The fourth-order valence-corrected chi connectivity index (χ4v) is 1.48. The normalized spacial score (nSPS) is 24.0. The fourth-order valence-electron chi connectivity index (χ4n) is 1.48. The molecule has 0 bridgehead atoms. The van der Waals surface area contributed by atoms with Gasteiger partial charge < -0.3 is 5.32 Å². The third-order valence-corrected chi connectivity index (χ3v) is 2.65. The Morgan fingerprint density at radius 3 is 2.45 bits per heavy atom. The maximum absolute atomic E-state index is 3.40. The summed E-state index contributed by atoms with van der Waals surface area (Å²) < 4.78 is 0. The van der Waals surface area contributed by atoms with Crippen LogP contribution in [0.5, 0.6) is 0 Å². The van der Waals surface area contributed by atoms with Crippen LogP contribution in [-0.4, -0.2) is 30.7 Å². The highest BCUT2D eigenvalue weighted by Gasteiger charge is 2.18. The summed E-state index contributed by atoms with van der Waals surface area (Å²) in [5.74, 6) is 0.773. The number of rotatable bonds is 2. The fraction of sp³-hybridized carbons (Fsp3) is 1.00. The molecule has 66 valence electrons. The Bertz CT molecular complexity index is 106. The SMILES string of the molecule is CC(C)C(C)N1CCCNC1. The lowest BCUT2D eigenvalue weighted by atomic mass is 10.0. The molecule has 1 atom stereocenters. The third-order valence-electron chi connectivity index (χ3n) is 2.65. The van der Waals surface area contributed by atoms with Crippen molar-refractivity contribution < 1.29 is 0 Å². The van der Waals surface area contributed by atoms with Gasteiger partial charge in [-0.25, -0.2) is 0 Å². The van der Waals surface area contributed by atoms with Crippen LogP contribution >= 0.6 is 0 Å². The molecule has 0 spiro atoms. The maximum atomic E-state index is 3.40. The van der Waals surface area contributed by atoms with Gasteiger partial charge in [-0.2, -0.15) is 0 Å². The molecule has 0 aromatic heterocycles. The van der Waals surface area contributed by atoms with E-state index in [-0.39, 0.29) is 0 Å². The molecule has 0 radical (unpaired) electrons. The Hall–Kier alpha value is -0.0800. The van der Waals surface area contributed by atoms with Crippen molar-refractivity contribution in [3.63, 3.8) is 0 Å². The van der Waals surface area contributed by atoms with Gasteiger partial charge in [0.2, 0.25) is 0 Å². The first-order valence-electron chi connectivity index (χ1n) is 4.66. The molecule has 1 saturated heterocycles. The van der Waals surface area contributed by atoms with E-state index in [1.807, 2.05) is 0 Å². The van der Waals surface area contributed by atoms with Gasteiger partial charge in [-0.3, -0.25) is 4.90 Å². The highest BCUT2D eigenvalue weighted by atomic mass is 15.3. The number of hydrogen-bond donors (Lipinski definition) is 1. The van der Waals surface area contributed by atoms with Gasteiger partial charge >= 0.3 is 0 Å². The van der Waals surface area contributed by atoms with Crippen LogP contribution in [0.3, 0.4) is 0 Å². The largest absolute Gasteiger partial charge is 0.304 e. The minimum atomic E-state index is 0.725. The Morgan fingerprint density at radius 1 is 1.27 bits per heavy atom. The van der Waals surface area contributed by atoms with Gasteiger partial charge in [0, 0.05) is 19.3 Å². The molecule has 0 saturated carbocycles. The Kier molecular flexibility index (Phi) is 3.34. The second kappa shape index (κ2) is 4.07. The van der Waals surface area contributed by atoms with Gasteiger partial charge in [-0.05, 0) is 25.8 Å². The molecule has 1 fully saturated rings. The topological polar surface area (TPSA) is 15.3 Å². The molecule has 1 aliphatic heterocycles. The van der Waals surface area contributed by atoms with E-state index < -0.39 is 0 Å². The minimum Gasteiger partial charge on any atom is -0.304 e. The monoisotopic (exact) mass is 156 g/mol. The van der Waals surface area contributed by atoms with Crippen molar-refractivity contribution >= 4 is 0 Å². The summed E-state index contributed by atoms with van der Waals surface area (Å²) >= 11 is 0. The van der Waals surface area contributed by atoms with Crippen molar-refractivity contribution in [2.24, 2.45) is 5.92 Å². The summed E-state index contributed by atoms with van der Waals surface area (Å²) in [4.78, 5) is 2.52. The Balaban J connectivity index is 2.32. The quantitative estimate of drug-likeness (QED) is 0.648. The van der Waals surface area contributed by atoms with Gasteiger partial charge in [0.25, 0.3) is 0 Å². The molecular weight excluding hydrogens is 136 g/mol. The van der Waals surface area contributed by atoms with Crippen molar-refractivity contribution in [1.29, 1.82) is 0 Å². The van der Waals surface area contributed by atoms with Crippen LogP contribution in [0.4, 0.5) is 0 Å². The second-order valence-electron chi connectivity index (χ2n) is 3.81. The second-order valence-corrected chi connectivity index (χ2v) is 3.81. The van der Waals surface area contributed by atoms with Crippen LogP contribution in [0.25, 0.3) is 0 Å². The molecule has 0 aromatic carbocycles. The lowest BCUT2D eigenvalue weighted by Gasteiger charge is -2.34. The van der Waals surface area contributed by atoms with Crippen molar-refractivity contribution in [2.45, 2.75) is 33.2 Å². The molecule has 2 heteroatoms. The van der Waals surface area contributed by atoms with Crippen LogP contribution in [-0.2, 0) is 0 Å². The third kappa shape index (κ3) is 2.46. The van der Waals surface area contributed by atoms with Crippen molar-refractivity contribution in [2.75, 3.05) is 19.8 Å². The van der Waals surface area contributed by atoms with Gasteiger partial charge in [-0.15, -0.1) is 0 Å². The molecule has 0 amide bonds. The van der Waals surface area contributed by atoms with Gasteiger partial charge in [0.05, 0.1) is 0 Å². The number of nitrogens with zero attached hydrogens (tertiary/aromatic N) is 1. The summed E-state index contributed by atoms with van der Waals surface area (Å²) in [5.41, 5.74) is 0. The predicted molar refractivity (Wildman–Crippen MR) is 48.5 cm³/mol. The van der Waals surface area contributed by atoms with Crippen LogP contribution < -0.4 is 5.32 Å². The first-order chi connectivity index (χ1) is 5.22. The van der Waals surface area contributed by atoms with E-state index >= 15 is 0 Å². The van der Waals surface area contributed by atoms with E-state index in [2.05, 4.69) is 31.0 Å². The smallest absolute Gasteiger partial charge is 0.0483 e. The zero-order valence-electron chi connectivity index (χ0n) is 7.93. The zero-order chi connectivity index (χ0) is 8.27. The maximum Gasteiger partial charge on any atom is 0.0483 e. The zero-order valence-corrected chi connectivity index (χ0v) is 7.93. The van der Waals surface area contributed by atoms with E-state index in [0.717, 1.165) is 18.6 Å². The van der Waals surface area contributed by atoms with Crippen molar-refractivity contribution in [1.82, 2.24) is 10.2 Å². The first-order valence-corrected chi connectivity index (χ1v) is 4.66. The van der Waals surface area contributed by atoms with Crippen LogP contribution in [0, 0.1) is 5.92 Å².